The molecular weight excluding hydrogens is 1020 g/mol. The number of methoxy groups -OCH3 is 4. The monoisotopic (exact) mass is 1070 g/mol. The minimum absolute atomic E-state index is 0.124. The van der Waals surface area contributed by atoms with Gasteiger partial charge in [-0.3, -0.25) is 28.5 Å². The van der Waals surface area contributed by atoms with Crippen LogP contribution in [0.15, 0.2) is 147 Å². The number of fused-ring (bicyclic) bond motifs is 2. The highest BCUT2D eigenvalue weighted by atomic mass is 32.2. The molecule has 8 aromatic heterocycles. The van der Waals surface area contributed by atoms with Gasteiger partial charge in [-0.1, -0.05) is 24.3 Å². The van der Waals surface area contributed by atoms with Gasteiger partial charge in [-0.05, 0) is 86.6 Å². The van der Waals surface area contributed by atoms with Gasteiger partial charge in [0.25, 0.3) is 0 Å². The Morgan fingerprint density at radius 2 is 0.882 bits per heavy atom. The van der Waals surface area contributed by atoms with Crippen LogP contribution in [0.2, 0.25) is 0 Å². The van der Waals surface area contributed by atoms with E-state index in [1.54, 1.807) is 143 Å². The van der Waals surface area contributed by atoms with E-state index >= 15 is 0 Å². The van der Waals surface area contributed by atoms with Gasteiger partial charge in [0.1, 0.15) is 68.4 Å². The topological polar surface area (TPSA) is 292 Å². The van der Waals surface area contributed by atoms with Gasteiger partial charge in [-0.2, -0.15) is 0 Å². The normalized spacial score (nSPS) is 13.3. The van der Waals surface area contributed by atoms with Crippen molar-refractivity contribution in [2.24, 2.45) is 0 Å². The van der Waals surface area contributed by atoms with E-state index in [1.807, 2.05) is 12.1 Å². The Hall–Kier alpha value is -8.98. The molecule has 24 nitrogen and oxygen atoms in total. The molecule has 0 saturated heterocycles. The third kappa shape index (κ3) is 10.3. The molecule has 392 valence electrons. The molecule has 2 aromatic carbocycles. The number of ether oxygens (including phenoxy) is 4. The molecule has 0 fully saturated rings. The van der Waals surface area contributed by atoms with Crippen molar-refractivity contribution in [3.05, 3.63) is 158 Å². The second-order valence-corrected chi connectivity index (χ2v) is 20.8. The number of aliphatic hydroxyl groups excluding tert-OH is 2. The first-order chi connectivity index (χ1) is 36.7. The lowest BCUT2D eigenvalue weighted by Crippen LogP contribution is -2.32. The molecule has 0 bridgehead atoms. The molecule has 0 radical (unpaired) electrons. The van der Waals surface area contributed by atoms with Crippen molar-refractivity contribution in [2.75, 3.05) is 37.9 Å². The molecule has 10 aromatic rings. The first-order valence-electron chi connectivity index (χ1n) is 23.1. The summed E-state index contributed by atoms with van der Waals surface area (Å²) in [5, 5.41) is 36.1. The summed E-state index contributed by atoms with van der Waals surface area (Å²) < 4.78 is 87.6. The second-order valence-electron chi connectivity index (χ2n) is 16.7. The van der Waals surface area contributed by atoms with E-state index in [4.69, 9.17) is 18.9 Å². The Bertz CT molecular complexity index is 3510. The van der Waals surface area contributed by atoms with Crippen LogP contribution in [-0.2, 0) is 20.0 Å². The number of hydrogen-bond acceptors (Lipinski definition) is 18. The van der Waals surface area contributed by atoms with Crippen LogP contribution in [0.3, 0.4) is 0 Å². The van der Waals surface area contributed by atoms with E-state index < -0.39 is 42.8 Å². The number of benzene rings is 2. The van der Waals surface area contributed by atoms with Gasteiger partial charge in [-0.15, -0.1) is 20.4 Å². The van der Waals surface area contributed by atoms with Crippen LogP contribution < -0.4 is 28.4 Å². The number of anilines is 2. The van der Waals surface area contributed by atoms with Gasteiger partial charge >= 0.3 is 0 Å². The molecule has 0 aliphatic rings. The number of pyridine rings is 4. The summed E-state index contributed by atoms with van der Waals surface area (Å²) in [5.41, 5.74) is 3.54. The number of para-hydroxylation sites is 2. The van der Waals surface area contributed by atoms with Crippen molar-refractivity contribution in [1.29, 1.82) is 0 Å². The quantitative estimate of drug-likeness (QED) is 0.0799. The minimum Gasteiger partial charge on any atom is -0.494 e. The smallest absolute Gasteiger partial charge is 0.243 e. The summed E-state index contributed by atoms with van der Waals surface area (Å²) in [6.45, 7) is 2.78. The van der Waals surface area contributed by atoms with Crippen LogP contribution in [0, 0.1) is 0 Å². The Morgan fingerprint density at radius 1 is 0.500 bits per heavy atom. The van der Waals surface area contributed by atoms with E-state index in [0.717, 1.165) is 0 Å². The summed E-state index contributed by atoms with van der Waals surface area (Å²) in [5.74, 6) is 1.93. The van der Waals surface area contributed by atoms with Gasteiger partial charge in [0.05, 0.1) is 39.8 Å². The van der Waals surface area contributed by atoms with Crippen LogP contribution >= 0.6 is 0 Å². The van der Waals surface area contributed by atoms with Crippen molar-refractivity contribution in [3.8, 4) is 57.1 Å². The number of hydrogen-bond donors (Lipinski definition) is 4. The Balaban J connectivity index is 0.000000186. The fraction of sp³-hybridized carbons (Fsp3) is 0.200. The molecular formula is C50H50N14O10S2. The third-order valence-corrected chi connectivity index (χ3v) is 15.5. The minimum atomic E-state index is -4.21. The second kappa shape index (κ2) is 21.9. The number of nitrogens with zero attached hydrogens (tertiary/aromatic N) is 12. The van der Waals surface area contributed by atoms with Crippen molar-refractivity contribution in [2.45, 2.75) is 36.6 Å². The number of rotatable bonds is 18. The predicted octanol–water partition coefficient (Wildman–Crippen LogP) is 5.72. The van der Waals surface area contributed by atoms with Crippen molar-refractivity contribution >= 4 is 43.2 Å². The zero-order valence-electron chi connectivity index (χ0n) is 41.5. The number of sulfonamides is 2. The number of aromatic nitrogens is 12. The highest BCUT2D eigenvalue weighted by molar-refractivity contribution is 7.93. The number of imidazole rings is 2. The highest BCUT2D eigenvalue weighted by Crippen LogP contribution is 2.40. The average molecular weight is 1070 g/mol. The number of nitrogens with one attached hydrogen (secondary N) is 2. The molecule has 8 heterocycles. The molecule has 0 spiro atoms. The molecule has 0 unspecified atom stereocenters. The maximum Gasteiger partial charge on any atom is 0.243 e. The molecule has 10 rings (SSSR count). The standard InChI is InChI=1S/2C25H25N7O5S/c2*1-16(23(33)18-15-31-13-5-4-11-21(31)27-18)38(34,35)30-25-29-28-24(17-8-7-12-26-14-17)32(25)22-19(36-2)9-6-10-20(22)37-3/h2*4-16,23,33H,1-3H3,(H,29,30)/t2*16-,23-/m10/s1. The van der Waals surface area contributed by atoms with E-state index in [9.17, 15) is 27.0 Å². The fourth-order valence-corrected chi connectivity index (χ4v) is 10.1. The lowest BCUT2D eigenvalue weighted by molar-refractivity contribution is 0.171. The summed E-state index contributed by atoms with van der Waals surface area (Å²) >= 11 is 0. The van der Waals surface area contributed by atoms with Crippen LogP contribution in [0.4, 0.5) is 11.9 Å². The van der Waals surface area contributed by atoms with Crippen LogP contribution in [-0.4, -0.2) is 124 Å². The van der Waals surface area contributed by atoms with Gasteiger partial charge in [-0.25, -0.2) is 26.8 Å². The maximum absolute atomic E-state index is 13.5. The van der Waals surface area contributed by atoms with Crippen molar-refractivity contribution in [3.63, 3.8) is 0 Å². The lowest BCUT2D eigenvalue weighted by atomic mass is 10.2. The molecule has 0 aliphatic heterocycles. The van der Waals surface area contributed by atoms with E-state index in [2.05, 4.69) is 49.8 Å². The first kappa shape index (κ1) is 51.9. The molecule has 0 amide bonds. The SMILES string of the molecule is COc1cccc(OC)c1-n1c(NS(=O)(=O)[C@@H](C)[C@H](O)c2cn3ccccc3n2)nnc1-c1cccnc1.COc1cccc(OC)c1-n1c(NS(=O)(=O)[C@H](C)[C@@H](O)c2cn3ccccc3n2)nnc1-c1cccnc1. The lowest BCUT2D eigenvalue weighted by Gasteiger charge is -2.20. The summed E-state index contributed by atoms with van der Waals surface area (Å²) in [6.07, 6.45) is 10.3. The molecule has 4 atom stereocenters. The van der Waals surface area contributed by atoms with Crippen LogP contribution in [0.5, 0.6) is 23.0 Å². The van der Waals surface area contributed by atoms with Gasteiger partial charge < -0.3 is 38.0 Å². The van der Waals surface area contributed by atoms with Crippen molar-refractivity contribution < 1.29 is 46.0 Å². The van der Waals surface area contributed by atoms with Gasteiger partial charge in [0.2, 0.25) is 31.9 Å². The van der Waals surface area contributed by atoms with E-state index in [-0.39, 0.29) is 23.3 Å². The predicted molar refractivity (Wildman–Crippen MR) is 280 cm³/mol. The van der Waals surface area contributed by atoms with Crippen LogP contribution in [0.25, 0.3) is 45.4 Å². The Labute approximate surface area is 435 Å². The summed E-state index contributed by atoms with van der Waals surface area (Å²) in [6, 6.07) is 28.1. The number of aliphatic hydroxyl groups is 2. The molecule has 26 heteroatoms. The van der Waals surface area contributed by atoms with Crippen molar-refractivity contribution in [1.82, 2.24) is 58.3 Å². The first-order valence-corrected chi connectivity index (χ1v) is 26.2. The average Bonchev–Trinajstić information content (AvgIpc) is 4.28. The van der Waals surface area contributed by atoms with Crippen LogP contribution in [0.1, 0.15) is 37.4 Å². The Kier molecular flexibility index (Phi) is 14.9. The largest absolute Gasteiger partial charge is 0.494 e. The molecule has 76 heavy (non-hydrogen) atoms. The van der Waals surface area contributed by atoms with Gasteiger partial charge in [0, 0.05) is 60.7 Å². The van der Waals surface area contributed by atoms with E-state index in [0.29, 0.717) is 68.4 Å². The Morgan fingerprint density at radius 3 is 1.21 bits per heavy atom. The zero-order chi connectivity index (χ0) is 53.7. The molecule has 4 N–H and O–H groups in total. The van der Waals surface area contributed by atoms with Gasteiger partial charge in [0.15, 0.2) is 11.6 Å². The van der Waals surface area contributed by atoms with E-state index in [1.165, 1.54) is 51.4 Å². The fourth-order valence-electron chi connectivity index (χ4n) is 8.05. The summed E-state index contributed by atoms with van der Waals surface area (Å²) in [4.78, 5) is 17.0. The molecule has 0 aliphatic carbocycles. The highest BCUT2D eigenvalue weighted by Gasteiger charge is 2.35. The maximum atomic E-state index is 13.5. The summed E-state index contributed by atoms with van der Waals surface area (Å²) in [7, 11) is -2.45. The molecule has 0 saturated carbocycles. The third-order valence-electron chi connectivity index (χ3n) is 12.1. The zero-order valence-corrected chi connectivity index (χ0v) is 43.1.